The molecule has 2 aliphatic heterocycles. The van der Waals surface area contributed by atoms with Gasteiger partial charge in [-0.2, -0.15) is 0 Å². The first kappa shape index (κ1) is 12.3. The highest BCUT2D eigenvalue weighted by Gasteiger charge is 2.44. The van der Waals surface area contributed by atoms with Crippen molar-refractivity contribution in [3.05, 3.63) is 0 Å². The van der Waals surface area contributed by atoms with Crippen LogP contribution in [0.5, 0.6) is 0 Å². The van der Waals surface area contributed by atoms with Crippen LogP contribution in [0.3, 0.4) is 0 Å². The van der Waals surface area contributed by atoms with Gasteiger partial charge in [0.1, 0.15) is 11.6 Å². The fourth-order valence-electron chi connectivity index (χ4n) is 2.33. The Labute approximate surface area is 99.7 Å². The molecule has 2 rings (SSSR count). The smallest absolute Gasteiger partial charge is 0.325 e. The van der Waals surface area contributed by atoms with Crippen LogP contribution in [0.4, 0.5) is 0 Å². The summed E-state index contributed by atoms with van der Waals surface area (Å²) >= 11 is 0. The van der Waals surface area contributed by atoms with E-state index < -0.39 is 17.6 Å². The third-order valence-electron chi connectivity index (χ3n) is 3.49. The molecule has 2 fully saturated rings. The lowest BCUT2D eigenvalue weighted by atomic mass is 10.0. The minimum absolute atomic E-state index is 0.0844. The molecule has 0 saturated carbocycles. The zero-order valence-electron chi connectivity index (χ0n) is 9.72. The van der Waals surface area contributed by atoms with Gasteiger partial charge < -0.3 is 20.5 Å². The number of likely N-dealkylation sites (tertiary alicyclic amines) is 1. The highest BCUT2D eigenvalue weighted by molar-refractivity contribution is 5.85. The molecule has 96 valence electrons. The number of hydrogen-bond donors (Lipinski definition) is 2. The van der Waals surface area contributed by atoms with E-state index in [1.54, 1.807) is 0 Å². The van der Waals surface area contributed by atoms with Crippen molar-refractivity contribution >= 4 is 11.9 Å². The minimum Gasteiger partial charge on any atom is -0.480 e. The molecular formula is C11H18N2O4. The fourth-order valence-corrected chi connectivity index (χ4v) is 2.33. The fraction of sp³-hybridized carbons (Fsp3) is 0.818. The lowest BCUT2D eigenvalue weighted by Gasteiger charge is -2.27. The van der Waals surface area contributed by atoms with Gasteiger partial charge in [-0.1, -0.05) is 0 Å². The third-order valence-corrected chi connectivity index (χ3v) is 3.49. The number of aliphatic carboxylic acids is 1. The van der Waals surface area contributed by atoms with Gasteiger partial charge in [-0.25, -0.2) is 0 Å². The summed E-state index contributed by atoms with van der Waals surface area (Å²) in [5, 5.41) is 8.99. The molecule has 0 aliphatic carbocycles. The molecule has 17 heavy (non-hydrogen) atoms. The zero-order valence-corrected chi connectivity index (χ0v) is 9.72. The van der Waals surface area contributed by atoms with E-state index in [0.717, 1.165) is 19.3 Å². The molecule has 0 bridgehead atoms. The molecule has 0 spiro atoms. The lowest BCUT2D eigenvalue weighted by Crippen LogP contribution is -2.51. The molecule has 2 heterocycles. The van der Waals surface area contributed by atoms with Crippen LogP contribution >= 0.6 is 0 Å². The normalized spacial score (nSPS) is 33.7. The van der Waals surface area contributed by atoms with E-state index in [-0.39, 0.29) is 12.5 Å². The molecule has 3 N–H and O–H groups in total. The Morgan fingerprint density at radius 2 is 2.18 bits per heavy atom. The van der Waals surface area contributed by atoms with Gasteiger partial charge in [0.25, 0.3) is 5.91 Å². The third kappa shape index (κ3) is 2.42. The number of nitrogens with zero attached hydrogens (tertiary/aromatic N) is 1. The highest BCUT2D eigenvalue weighted by Crippen LogP contribution is 2.22. The average molecular weight is 242 g/mol. The number of carbonyl (C=O) groups excluding carboxylic acids is 1. The lowest BCUT2D eigenvalue weighted by molar-refractivity contribution is -0.147. The SMILES string of the molecule is NC1(C(=O)O)CCN(C(=O)C2CCCCO2)C1. The predicted molar refractivity (Wildman–Crippen MR) is 59.3 cm³/mol. The van der Waals surface area contributed by atoms with E-state index in [2.05, 4.69) is 0 Å². The molecule has 2 unspecified atom stereocenters. The van der Waals surface area contributed by atoms with Crippen molar-refractivity contribution in [1.29, 1.82) is 0 Å². The van der Waals surface area contributed by atoms with E-state index >= 15 is 0 Å². The number of rotatable bonds is 2. The van der Waals surface area contributed by atoms with Crippen molar-refractivity contribution in [2.24, 2.45) is 5.73 Å². The maximum absolute atomic E-state index is 12.1. The van der Waals surface area contributed by atoms with Gasteiger partial charge in [-0.3, -0.25) is 9.59 Å². The number of carboxylic acids is 1. The molecule has 2 aliphatic rings. The molecule has 0 aromatic heterocycles. The van der Waals surface area contributed by atoms with Crippen molar-refractivity contribution in [3.63, 3.8) is 0 Å². The van der Waals surface area contributed by atoms with Gasteiger partial charge in [-0.05, 0) is 25.7 Å². The van der Waals surface area contributed by atoms with Crippen LogP contribution in [-0.2, 0) is 14.3 Å². The molecule has 6 heteroatoms. The van der Waals surface area contributed by atoms with Gasteiger partial charge in [0.05, 0.1) is 0 Å². The first-order chi connectivity index (χ1) is 8.03. The van der Waals surface area contributed by atoms with Crippen LogP contribution in [0.2, 0.25) is 0 Å². The molecular weight excluding hydrogens is 224 g/mol. The minimum atomic E-state index is -1.29. The van der Waals surface area contributed by atoms with Crippen molar-refractivity contribution in [1.82, 2.24) is 4.90 Å². The van der Waals surface area contributed by atoms with Crippen molar-refractivity contribution in [2.75, 3.05) is 19.7 Å². The van der Waals surface area contributed by atoms with Gasteiger partial charge >= 0.3 is 5.97 Å². The summed E-state index contributed by atoms with van der Waals surface area (Å²) < 4.78 is 5.40. The molecule has 0 aromatic carbocycles. The van der Waals surface area contributed by atoms with Crippen LogP contribution < -0.4 is 5.73 Å². The number of amides is 1. The first-order valence-corrected chi connectivity index (χ1v) is 5.96. The summed E-state index contributed by atoms with van der Waals surface area (Å²) in [6.45, 7) is 1.10. The first-order valence-electron chi connectivity index (χ1n) is 5.96. The topological polar surface area (TPSA) is 92.9 Å². The number of ether oxygens (including phenoxy) is 1. The Morgan fingerprint density at radius 3 is 2.71 bits per heavy atom. The monoisotopic (exact) mass is 242 g/mol. The van der Waals surface area contributed by atoms with E-state index in [4.69, 9.17) is 15.6 Å². The Balaban J connectivity index is 1.95. The molecule has 2 atom stereocenters. The van der Waals surface area contributed by atoms with E-state index in [0.29, 0.717) is 19.6 Å². The molecule has 2 saturated heterocycles. The second-order valence-corrected chi connectivity index (χ2v) is 4.83. The van der Waals surface area contributed by atoms with Crippen LogP contribution in [-0.4, -0.2) is 53.2 Å². The van der Waals surface area contributed by atoms with E-state index in [9.17, 15) is 9.59 Å². The standard InChI is InChI=1S/C11H18N2O4/c12-11(10(15)16)4-5-13(7-11)9(14)8-3-1-2-6-17-8/h8H,1-7,12H2,(H,15,16). The second kappa shape index (κ2) is 4.62. The Hall–Kier alpha value is -1.14. The van der Waals surface area contributed by atoms with E-state index in [1.807, 2.05) is 0 Å². The summed E-state index contributed by atoms with van der Waals surface area (Å²) in [4.78, 5) is 24.6. The maximum atomic E-state index is 12.1. The van der Waals surface area contributed by atoms with Gasteiger partial charge in [0, 0.05) is 19.7 Å². The van der Waals surface area contributed by atoms with Gasteiger partial charge in [0.2, 0.25) is 0 Å². The number of carbonyl (C=O) groups is 2. The van der Waals surface area contributed by atoms with Crippen molar-refractivity contribution < 1.29 is 19.4 Å². The summed E-state index contributed by atoms with van der Waals surface area (Å²) in [5.41, 5.74) is 4.44. The van der Waals surface area contributed by atoms with Crippen molar-refractivity contribution in [3.8, 4) is 0 Å². The van der Waals surface area contributed by atoms with Gasteiger partial charge in [0.15, 0.2) is 0 Å². The van der Waals surface area contributed by atoms with Crippen LogP contribution in [0.15, 0.2) is 0 Å². The zero-order chi connectivity index (χ0) is 12.5. The van der Waals surface area contributed by atoms with Crippen LogP contribution in [0, 0.1) is 0 Å². The molecule has 0 radical (unpaired) electrons. The molecule has 1 amide bonds. The summed E-state index contributed by atoms with van der Waals surface area (Å²) in [6.07, 6.45) is 2.59. The van der Waals surface area contributed by atoms with E-state index in [1.165, 1.54) is 4.90 Å². The van der Waals surface area contributed by atoms with Crippen molar-refractivity contribution in [2.45, 2.75) is 37.3 Å². The average Bonchev–Trinajstić information content (AvgIpc) is 2.74. The van der Waals surface area contributed by atoms with Crippen LogP contribution in [0.1, 0.15) is 25.7 Å². The Morgan fingerprint density at radius 1 is 1.41 bits per heavy atom. The number of carboxylic acid groups (broad SMARTS) is 1. The number of hydrogen-bond acceptors (Lipinski definition) is 4. The second-order valence-electron chi connectivity index (χ2n) is 4.83. The highest BCUT2D eigenvalue weighted by atomic mass is 16.5. The molecule has 6 nitrogen and oxygen atoms in total. The van der Waals surface area contributed by atoms with Gasteiger partial charge in [-0.15, -0.1) is 0 Å². The largest absolute Gasteiger partial charge is 0.480 e. The predicted octanol–water partition coefficient (Wildman–Crippen LogP) is -0.430. The summed E-state index contributed by atoms with van der Waals surface area (Å²) in [6, 6.07) is 0. The van der Waals surface area contributed by atoms with Crippen LogP contribution in [0.25, 0.3) is 0 Å². The summed E-state index contributed by atoms with van der Waals surface area (Å²) in [5.74, 6) is -1.16. The summed E-state index contributed by atoms with van der Waals surface area (Å²) in [7, 11) is 0. The Kier molecular flexibility index (Phi) is 3.35. The Bertz CT molecular complexity index is 327. The quantitative estimate of drug-likeness (QED) is 0.685. The molecule has 0 aromatic rings. The maximum Gasteiger partial charge on any atom is 0.325 e. The number of nitrogens with two attached hydrogens (primary N) is 1.